The van der Waals surface area contributed by atoms with Crippen molar-refractivity contribution in [2.24, 2.45) is 5.10 Å². The minimum absolute atomic E-state index is 0.0807. The summed E-state index contributed by atoms with van der Waals surface area (Å²) in [6.45, 7) is 1.01. The average Bonchev–Trinajstić information content (AvgIpc) is 2.75. The summed E-state index contributed by atoms with van der Waals surface area (Å²) in [6, 6.07) is 13.2. The lowest BCUT2D eigenvalue weighted by Gasteiger charge is -2.26. The van der Waals surface area contributed by atoms with Crippen LogP contribution in [0.1, 0.15) is 5.56 Å². The lowest BCUT2D eigenvalue weighted by molar-refractivity contribution is -0.384. The summed E-state index contributed by atoms with van der Waals surface area (Å²) in [6.07, 6.45) is 3.28. The summed E-state index contributed by atoms with van der Waals surface area (Å²) >= 11 is 3.36. The second-order valence-corrected chi connectivity index (χ2v) is 9.12. The molecule has 1 saturated heterocycles. The number of sulfonamides is 1. The number of nitro groups is 1. The van der Waals surface area contributed by atoms with Gasteiger partial charge in [-0.25, -0.2) is 8.42 Å². The molecule has 0 bridgehead atoms. The van der Waals surface area contributed by atoms with Crippen molar-refractivity contribution in [1.82, 2.24) is 4.31 Å². The Morgan fingerprint density at radius 1 is 1.20 bits per heavy atom. The number of rotatable bonds is 7. The van der Waals surface area contributed by atoms with Crippen LogP contribution >= 0.6 is 15.9 Å². The Kier molecular flexibility index (Phi) is 7.32. The first-order chi connectivity index (χ1) is 14.4. The topological polar surface area (TPSA) is 114 Å². The predicted molar refractivity (Wildman–Crippen MR) is 118 cm³/mol. The van der Waals surface area contributed by atoms with Crippen LogP contribution in [0, 0.1) is 10.1 Å². The molecule has 0 atom stereocenters. The zero-order chi connectivity index (χ0) is 21.6. The van der Waals surface area contributed by atoms with Gasteiger partial charge in [0.2, 0.25) is 10.0 Å². The van der Waals surface area contributed by atoms with Gasteiger partial charge >= 0.3 is 0 Å². The molecule has 1 fully saturated rings. The maximum Gasteiger partial charge on any atom is 0.295 e. The van der Waals surface area contributed by atoms with E-state index in [2.05, 4.69) is 26.5 Å². The van der Waals surface area contributed by atoms with Crippen LogP contribution in [0.5, 0.6) is 0 Å². The SMILES string of the molecule is O=[N+]([O-])c1cc(S(=O)(=O)N2CCOCC2)ccc1N/N=C\C(Br)=C\c1ccccc1. The van der Waals surface area contributed by atoms with Gasteiger partial charge < -0.3 is 4.74 Å². The predicted octanol–water partition coefficient (Wildman–Crippen LogP) is 3.45. The van der Waals surface area contributed by atoms with Crippen LogP contribution in [0.2, 0.25) is 0 Å². The van der Waals surface area contributed by atoms with E-state index in [1.165, 1.54) is 22.7 Å². The highest BCUT2D eigenvalue weighted by atomic mass is 79.9. The van der Waals surface area contributed by atoms with E-state index >= 15 is 0 Å². The van der Waals surface area contributed by atoms with Gasteiger partial charge in [0.05, 0.1) is 29.2 Å². The number of halogens is 1. The van der Waals surface area contributed by atoms with E-state index in [1.54, 1.807) is 0 Å². The first kappa shape index (κ1) is 22.1. The molecule has 0 saturated carbocycles. The van der Waals surface area contributed by atoms with Gasteiger partial charge in [-0.1, -0.05) is 30.3 Å². The number of hydrogen-bond acceptors (Lipinski definition) is 7. The Balaban J connectivity index is 1.79. The van der Waals surface area contributed by atoms with Gasteiger partial charge in [-0.3, -0.25) is 15.5 Å². The fourth-order valence-corrected chi connectivity index (χ4v) is 4.56. The summed E-state index contributed by atoms with van der Waals surface area (Å²) in [7, 11) is -3.84. The third kappa shape index (κ3) is 5.51. The van der Waals surface area contributed by atoms with E-state index < -0.39 is 14.9 Å². The summed E-state index contributed by atoms with van der Waals surface area (Å²) < 4.78 is 32.5. The van der Waals surface area contributed by atoms with Crippen molar-refractivity contribution < 1.29 is 18.1 Å². The molecule has 0 spiro atoms. The number of benzene rings is 2. The van der Waals surface area contributed by atoms with Gasteiger partial charge in [0.25, 0.3) is 5.69 Å². The minimum atomic E-state index is -3.84. The maximum absolute atomic E-state index is 12.7. The highest BCUT2D eigenvalue weighted by Gasteiger charge is 2.28. The number of allylic oxidation sites excluding steroid dienone is 1. The smallest absolute Gasteiger partial charge is 0.295 e. The zero-order valence-electron chi connectivity index (χ0n) is 15.8. The van der Waals surface area contributed by atoms with Gasteiger partial charge in [0.1, 0.15) is 5.69 Å². The first-order valence-electron chi connectivity index (χ1n) is 8.95. The summed E-state index contributed by atoms with van der Waals surface area (Å²) in [5.74, 6) is 0. The van der Waals surface area contributed by atoms with Gasteiger partial charge in [-0.05, 0) is 39.7 Å². The molecule has 1 aliphatic rings. The second-order valence-electron chi connectivity index (χ2n) is 6.26. The quantitative estimate of drug-likeness (QED) is 0.358. The van der Waals surface area contributed by atoms with E-state index in [4.69, 9.17) is 4.74 Å². The molecule has 0 unspecified atom stereocenters. The molecule has 1 N–H and O–H groups in total. The Hall–Kier alpha value is -2.60. The van der Waals surface area contributed by atoms with Crippen molar-refractivity contribution >= 4 is 49.6 Å². The molecule has 0 amide bonds. The number of nitro benzene ring substituents is 1. The van der Waals surface area contributed by atoms with Gasteiger partial charge in [-0.15, -0.1) is 0 Å². The number of morpholine rings is 1. The van der Waals surface area contributed by atoms with Crippen LogP contribution in [0.25, 0.3) is 6.08 Å². The molecular formula is C19H19BrN4O5S. The van der Waals surface area contributed by atoms with E-state index in [-0.39, 0.29) is 29.4 Å². The van der Waals surface area contributed by atoms with Crippen molar-refractivity contribution in [3.63, 3.8) is 0 Å². The van der Waals surface area contributed by atoms with E-state index in [9.17, 15) is 18.5 Å². The molecule has 2 aromatic rings. The Labute approximate surface area is 182 Å². The lowest BCUT2D eigenvalue weighted by atomic mass is 10.2. The van der Waals surface area contributed by atoms with Crippen molar-refractivity contribution in [3.05, 3.63) is 68.7 Å². The molecule has 11 heteroatoms. The molecule has 158 valence electrons. The molecule has 0 radical (unpaired) electrons. The van der Waals surface area contributed by atoms with E-state index in [0.717, 1.165) is 11.6 Å². The number of hydrogen-bond donors (Lipinski definition) is 1. The number of anilines is 1. The molecule has 1 heterocycles. The number of nitrogens with one attached hydrogen (secondary N) is 1. The first-order valence-corrected chi connectivity index (χ1v) is 11.2. The fourth-order valence-electron chi connectivity index (χ4n) is 2.76. The molecule has 30 heavy (non-hydrogen) atoms. The van der Waals surface area contributed by atoms with Crippen molar-refractivity contribution in [2.45, 2.75) is 4.90 Å². The van der Waals surface area contributed by atoms with E-state index in [0.29, 0.717) is 17.7 Å². The van der Waals surface area contributed by atoms with Gasteiger partial charge in [0, 0.05) is 23.6 Å². The normalized spacial score (nSPS) is 16.0. The van der Waals surface area contributed by atoms with Gasteiger partial charge in [-0.2, -0.15) is 9.41 Å². The Morgan fingerprint density at radius 2 is 1.90 bits per heavy atom. The molecule has 0 aliphatic carbocycles. The molecule has 3 rings (SSSR count). The number of nitrogens with zero attached hydrogens (tertiary/aromatic N) is 3. The van der Waals surface area contributed by atoms with Crippen molar-refractivity contribution in [2.75, 3.05) is 31.7 Å². The van der Waals surface area contributed by atoms with Crippen LogP contribution in [0.4, 0.5) is 11.4 Å². The standard InChI is InChI=1S/C19H19BrN4O5S/c20-16(12-15-4-2-1-3-5-15)14-21-22-18-7-6-17(13-19(18)24(25)26)30(27,28)23-8-10-29-11-9-23/h1-7,12-14,22H,8-11H2/b16-12-,21-14-. The summed E-state index contributed by atoms with van der Waals surface area (Å²) in [4.78, 5) is 10.7. The number of ether oxygens (including phenoxy) is 1. The highest BCUT2D eigenvalue weighted by molar-refractivity contribution is 9.12. The monoisotopic (exact) mass is 494 g/mol. The summed E-state index contributed by atoms with van der Waals surface area (Å²) in [5, 5.41) is 15.5. The second kappa shape index (κ2) is 9.94. The Morgan fingerprint density at radius 3 is 2.57 bits per heavy atom. The maximum atomic E-state index is 12.7. The zero-order valence-corrected chi connectivity index (χ0v) is 18.2. The van der Waals surface area contributed by atoms with Crippen LogP contribution in [-0.2, 0) is 14.8 Å². The third-order valence-corrected chi connectivity index (χ3v) is 6.58. The largest absolute Gasteiger partial charge is 0.379 e. The molecular weight excluding hydrogens is 476 g/mol. The Bertz CT molecular complexity index is 1070. The van der Waals surface area contributed by atoms with E-state index in [1.807, 2.05) is 36.4 Å². The van der Waals surface area contributed by atoms with Crippen LogP contribution < -0.4 is 5.43 Å². The molecule has 9 nitrogen and oxygen atoms in total. The van der Waals surface area contributed by atoms with Gasteiger partial charge in [0.15, 0.2) is 0 Å². The summed E-state index contributed by atoms with van der Waals surface area (Å²) in [5.41, 5.74) is 3.25. The van der Waals surface area contributed by atoms with Crippen LogP contribution in [-0.4, -0.2) is 50.2 Å². The molecule has 1 aliphatic heterocycles. The molecule has 2 aromatic carbocycles. The van der Waals surface area contributed by atoms with Crippen LogP contribution in [0.15, 0.2) is 63.0 Å². The fraction of sp³-hybridized carbons (Fsp3) is 0.211. The number of hydrazone groups is 1. The highest BCUT2D eigenvalue weighted by Crippen LogP contribution is 2.29. The minimum Gasteiger partial charge on any atom is -0.379 e. The van der Waals surface area contributed by atoms with Crippen molar-refractivity contribution in [1.29, 1.82) is 0 Å². The lowest BCUT2D eigenvalue weighted by Crippen LogP contribution is -2.40. The molecule has 0 aromatic heterocycles. The third-order valence-electron chi connectivity index (χ3n) is 4.25. The van der Waals surface area contributed by atoms with Crippen LogP contribution in [0.3, 0.4) is 0 Å². The van der Waals surface area contributed by atoms with Crippen molar-refractivity contribution in [3.8, 4) is 0 Å². The average molecular weight is 495 g/mol.